The maximum Gasteiger partial charge on any atom is 0.336 e. The van der Waals surface area contributed by atoms with Crippen molar-refractivity contribution in [2.24, 2.45) is 0 Å². The third-order valence-corrected chi connectivity index (χ3v) is 5.10. The van der Waals surface area contributed by atoms with Crippen molar-refractivity contribution in [3.05, 3.63) is 71.8 Å². The predicted molar refractivity (Wildman–Crippen MR) is 117 cm³/mol. The van der Waals surface area contributed by atoms with Gasteiger partial charge in [0.05, 0.1) is 28.9 Å². The molecule has 1 aromatic heterocycles. The van der Waals surface area contributed by atoms with Crippen molar-refractivity contribution in [1.29, 1.82) is 0 Å². The van der Waals surface area contributed by atoms with Crippen molar-refractivity contribution in [2.75, 3.05) is 6.61 Å². The lowest BCUT2D eigenvalue weighted by molar-refractivity contribution is 0.0699. The Morgan fingerprint density at radius 3 is 2.66 bits per heavy atom. The van der Waals surface area contributed by atoms with Gasteiger partial charge < -0.3 is 9.84 Å². The third-order valence-electron chi connectivity index (χ3n) is 5.10. The molecule has 0 fully saturated rings. The smallest absolute Gasteiger partial charge is 0.336 e. The molecule has 1 heterocycles. The van der Waals surface area contributed by atoms with E-state index >= 15 is 0 Å². The Morgan fingerprint density at radius 2 is 1.86 bits per heavy atom. The fourth-order valence-corrected chi connectivity index (χ4v) is 3.61. The molecule has 4 nitrogen and oxygen atoms in total. The van der Waals surface area contributed by atoms with Gasteiger partial charge >= 0.3 is 5.97 Å². The molecule has 0 atom stereocenters. The molecule has 0 unspecified atom stereocenters. The highest BCUT2D eigenvalue weighted by molar-refractivity contribution is 6.06. The van der Waals surface area contributed by atoms with Crippen molar-refractivity contribution < 1.29 is 14.6 Å². The maximum atomic E-state index is 12.0. The van der Waals surface area contributed by atoms with Crippen molar-refractivity contribution in [3.8, 4) is 17.0 Å². The number of hydrogen-bond acceptors (Lipinski definition) is 3. The van der Waals surface area contributed by atoms with Gasteiger partial charge in [0, 0.05) is 5.39 Å². The van der Waals surface area contributed by atoms with Gasteiger partial charge in [0.15, 0.2) is 0 Å². The molecule has 3 aromatic carbocycles. The minimum absolute atomic E-state index is 0.251. The lowest BCUT2D eigenvalue weighted by Gasteiger charge is -2.15. The summed E-state index contributed by atoms with van der Waals surface area (Å²) in [5.41, 5.74) is 3.37. The number of unbranched alkanes of at least 4 members (excludes halogenated alkanes) is 1. The molecule has 4 heteroatoms. The standard InChI is InChI=1S/C25H23NO3/c1-3-4-13-29-23-12-10-17-7-5-6-8-18(17)24(23)22-15-20(25(27)28)19-14-16(2)9-11-21(19)26-22/h5-12,14-15H,3-4,13H2,1-2H3,(H,27,28). The molecule has 0 saturated carbocycles. The highest BCUT2D eigenvalue weighted by Crippen LogP contribution is 2.38. The molecule has 0 radical (unpaired) electrons. The summed E-state index contributed by atoms with van der Waals surface area (Å²) >= 11 is 0. The van der Waals surface area contributed by atoms with Crippen LogP contribution < -0.4 is 4.74 Å². The second-order valence-corrected chi connectivity index (χ2v) is 7.24. The number of aryl methyl sites for hydroxylation is 1. The Labute approximate surface area is 169 Å². The van der Waals surface area contributed by atoms with Crippen LogP contribution in [0, 0.1) is 6.92 Å². The fourth-order valence-electron chi connectivity index (χ4n) is 3.61. The van der Waals surface area contributed by atoms with E-state index in [1.165, 1.54) is 0 Å². The molecule has 0 saturated heterocycles. The quantitative estimate of drug-likeness (QED) is 0.399. The van der Waals surface area contributed by atoms with Crippen molar-refractivity contribution in [3.63, 3.8) is 0 Å². The molecular formula is C25H23NO3. The number of carboxylic acid groups (broad SMARTS) is 1. The van der Waals surface area contributed by atoms with E-state index in [4.69, 9.17) is 9.72 Å². The van der Waals surface area contributed by atoms with Gasteiger partial charge in [-0.25, -0.2) is 9.78 Å². The van der Waals surface area contributed by atoms with E-state index in [2.05, 4.69) is 6.92 Å². The predicted octanol–water partition coefficient (Wildman–Crippen LogP) is 6.24. The minimum Gasteiger partial charge on any atom is -0.493 e. The monoisotopic (exact) mass is 385 g/mol. The maximum absolute atomic E-state index is 12.0. The van der Waals surface area contributed by atoms with Crippen LogP contribution in [0.4, 0.5) is 0 Å². The lowest BCUT2D eigenvalue weighted by Crippen LogP contribution is -2.03. The van der Waals surface area contributed by atoms with Crippen molar-refractivity contribution in [2.45, 2.75) is 26.7 Å². The SMILES string of the molecule is CCCCOc1ccc2ccccc2c1-c1cc(C(=O)O)c2cc(C)ccc2n1. The van der Waals surface area contributed by atoms with Gasteiger partial charge in [0.2, 0.25) is 0 Å². The Kier molecular flexibility index (Phi) is 5.17. The number of rotatable bonds is 6. The first-order chi connectivity index (χ1) is 14.1. The van der Waals surface area contributed by atoms with Crippen LogP contribution in [0.3, 0.4) is 0 Å². The number of aromatic nitrogens is 1. The molecular weight excluding hydrogens is 362 g/mol. The molecule has 1 N–H and O–H groups in total. The first-order valence-corrected chi connectivity index (χ1v) is 9.88. The highest BCUT2D eigenvalue weighted by Gasteiger charge is 2.18. The molecule has 0 amide bonds. The van der Waals surface area contributed by atoms with Crippen LogP contribution in [0.1, 0.15) is 35.7 Å². The number of fused-ring (bicyclic) bond motifs is 2. The normalized spacial score (nSPS) is 11.1. The second kappa shape index (κ2) is 7.92. The van der Waals surface area contributed by atoms with Crippen LogP contribution in [0.2, 0.25) is 0 Å². The molecule has 29 heavy (non-hydrogen) atoms. The molecule has 0 bridgehead atoms. The van der Waals surface area contributed by atoms with Gasteiger partial charge in [-0.2, -0.15) is 0 Å². The zero-order valence-electron chi connectivity index (χ0n) is 16.6. The van der Waals surface area contributed by atoms with E-state index in [0.29, 0.717) is 23.2 Å². The van der Waals surface area contributed by atoms with Crippen LogP contribution in [-0.2, 0) is 0 Å². The van der Waals surface area contributed by atoms with E-state index in [9.17, 15) is 9.90 Å². The molecule has 0 aliphatic rings. The van der Waals surface area contributed by atoms with Crippen LogP contribution >= 0.6 is 0 Å². The molecule has 0 aliphatic carbocycles. The zero-order valence-corrected chi connectivity index (χ0v) is 16.6. The number of carbonyl (C=O) groups is 1. The van der Waals surface area contributed by atoms with Gasteiger partial charge in [-0.3, -0.25) is 0 Å². The summed E-state index contributed by atoms with van der Waals surface area (Å²) < 4.78 is 6.08. The molecule has 4 aromatic rings. The zero-order chi connectivity index (χ0) is 20.4. The number of ether oxygens (including phenoxy) is 1. The van der Waals surface area contributed by atoms with Crippen LogP contribution in [0.25, 0.3) is 32.9 Å². The highest BCUT2D eigenvalue weighted by atomic mass is 16.5. The van der Waals surface area contributed by atoms with E-state index in [-0.39, 0.29) is 5.56 Å². The molecule has 4 rings (SSSR count). The number of hydrogen-bond donors (Lipinski definition) is 1. The fraction of sp³-hybridized carbons (Fsp3) is 0.200. The van der Waals surface area contributed by atoms with Gasteiger partial charge in [0.1, 0.15) is 5.75 Å². The molecule has 0 spiro atoms. The van der Waals surface area contributed by atoms with Crippen LogP contribution in [-0.4, -0.2) is 22.7 Å². The van der Waals surface area contributed by atoms with Gasteiger partial charge in [-0.15, -0.1) is 0 Å². The van der Waals surface area contributed by atoms with Crippen LogP contribution in [0.5, 0.6) is 5.75 Å². The van der Waals surface area contributed by atoms with Gasteiger partial charge in [-0.05, 0) is 48.4 Å². The number of aromatic carboxylic acids is 1. The number of carboxylic acids is 1. The van der Waals surface area contributed by atoms with Crippen LogP contribution in [0.15, 0.2) is 60.7 Å². The summed E-state index contributed by atoms with van der Waals surface area (Å²) in [6.07, 6.45) is 2.00. The number of pyridine rings is 1. The number of benzene rings is 3. The average Bonchev–Trinajstić information content (AvgIpc) is 2.73. The first-order valence-electron chi connectivity index (χ1n) is 9.88. The minimum atomic E-state index is -0.960. The van der Waals surface area contributed by atoms with Crippen molar-refractivity contribution >= 4 is 27.6 Å². The first kappa shape index (κ1) is 18.9. The Balaban J connectivity index is 2.00. The summed E-state index contributed by atoms with van der Waals surface area (Å²) in [6.45, 7) is 4.68. The summed E-state index contributed by atoms with van der Waals surface area (Å²) in [5.74, 6) is -0.231. The number of nitrogens with zero attached hydrogens (tertiary/aromatic N) is 1. The summed E-state index contributed by atoms with van der Waals surface area (Å²) in [6, 6.07) is 19.4. The average molecular weight is 385 g/mol. The molecule has 0 aliphatic heterocycles. The van der Waals surface area contributed by atoms with Gasteiger partial charge in [0.25, 0.3) is 0 Å². The lowest BCUT2D eigenvalue weighted by atomic mass is 9.97. The largest absolute Gasteiger partial charge is 0.493 e. The summed E-state index contributed by atoms with van der Waals surface area (Å²) in [4.78, 5) is 16.8. The summed E-state index contributed by atoms with van der Waals surface area (Å²) in [7, 11) is 0. The van der Waals surface area contributed by atoms with E-state index < -0.39 is 5.97 Å². The van der Waals surface area contributed by atoms with Crippen molar-refractivity contribution in [1.82, 2.24) is 4.98 Å². The second-order valence-electron chi connectivity index (χ2n) is 7.24. The van der Waals surface area contributed by atoms with E-state index in [1.807, 2.05) is 61.5 Å². The van der Waals surface area contributed by atoms with Gasteiger partial charge in [-0.1, -0.05) is 55.3 Å². The van der Waals surface area contributed by atoms with E-state index in [1.54, 1.807) is 6.07 Å². The Morgan fingerprint density at radius 1 is 1.03 bits per heavy atom. The third kappa shape index (κ3) is 3.66. The molecule has 146 valence electrons. The Hall–Kier alpha value is -3.40. The summed E-state index contributed by atoms with van der Waals surface area (Å²) in [5, 5.41) is 12.6. The Bertz CT molecular complexity index is 1210. The van der Waals surface area contributed by atoms with E-state index in [0.717, 1.165) is 40.5 Å². The topological polar surface area (TPSA) is 59.4 Å².